The van der Waals surface area contributed by atoms with E-state index in [9.17, 15) is 49.5 Å². The third kappa shape index (κ3) is 18.7. The van der Waals surface area contributed by atoms with Gasteiger partial charge in [-0.05, 0) is 6.92 Å². The van der Waals surface area contributed by atoms with Crippen molar-refractivity contribution in [2.24, 2.45) is 11.5 Å². The van der Waals surface area contributed by atoms with Crippen molar-refractivity contribution in [3.05, 3.63) is 0 Å². The lowest BCUT2D eigenvalue weighted by molar-refractivity contribution is -0.186. The van der Waals surface area contributed by atoms with E-state index in [1.807, 2.05) is 0 Å². The zero-order valence-electron chi connectivity index (χ0n) is 23.1. The topological polar surface area (TPSA) is 408 Å². The van der Waals surface area contributed by atoms with Gasteiger partial charge in [0.05, 0.1) is 26.3 Å². The summed E-state index contributed by atoms with van der Waals surface area (Å²) in [6.45, 7) is -0.494. The summed E-state index contributed by atoms with van der Waals surface area (Å²) in [6, 6.07) is -0.731. The summed E-state index contributed by atoms with van der Waals surface area (Å²) >= 11 is 0. The Labute approximate surface area is 243 Å². The smallest absolute Gasteiger partial charge is 0.338 e. The molecule has 17 N–H and O–H groups in total. The molecule has 1 aliphatic rings. The Hall–Kier alpha value is -3.42. The molecule has 1 fully saturated rings. The van der Waals surface area contributed by atoms with Crippen molar-refractivity contribution >= 4 is 36.1 Å². The molecule has 0 aromatic rings. The van der Waals surface area contributed by atoms with Crippen LogP contribution < -0.4 is 16.8 Å². The van der Waals surface area contributed by atoms with E-state index in [1.54, 1.807) is 11.9 Å². The fourth-order valence-corrected chi connectivity index (χ4v) is 2.14. The first-order valence-electron chi connectivity index (χ1n) is 11.9. The predicted octanol–water partition coefficient (Wildman–Crippen LogP) is -8.96. The number of rotatable bonds is 13. The van der Waals surface area contributed by atoms with Crippen LogP contribution in [-0.2, 0) is 28.7 Å². The van der Waals surface area contributed by atoms with E-state index < -0.39 is 86.0 Å². The summed E-state index contributed by atoms with van der Waals surface area (Å²) in [4.78, 5) is 53.1. The molecule has 0 aromatic heterocycles. The molecule has 1 aliphatic heterocycles. The van der Waals surface area contributed by atoms with Gasteiger partial charge in [-0.1, -0.05) is 0 Å². The number of aliphatic hydroxyl groups is 9. The number of carboxylic acids is 2. The second-order valence-electron chi connectivity index (χ2n) is 8.42. The average Bonchev–Trinajstić information content (AvgIpc) is 3.27. The van der Waals surface area contributed by atoms with Gasteiger partial charge in [-0.2, -0.15) is 0 Å². The first-order chi connectivity index (χ1) is 19.7. The van der Waals surface area contributed by atoms with Gasteiger partial charge in [0.2, 0.25) is 5.91 Å². The van der Waals surface area contributed by atoms with Gasteiger partial charge in [0.15, 0.2) is 24.5 Å². The second kappa shape index (κ2) is 23.1. The Morgan fingerprint density at radius 2 is 1.37 bits per heavy atom. The van der Waals surface area contributed by atoms with Gasteiger partial charge in [-0.25, -0.2) is 4.79 Å². The molecule has 9 atom stereocenters. The van der Waals surface area contributed by atoms with Crippen LogP contribution >= 0.6 is 0 Å². The molecule has 0 saturated carbocycles. The zero-order chi connectivity index (χ0) is 34.6. The second-order valence-corrected chi connectivity index (χ2v) is 8.42. The van der Waals surface area contributed by atoms with Crippen molar-refractivity contribution in [3.8, 4) is 0 Å². The van der Waals surface area contributed by atoms with Gasteiger partial charge in [-0.15, -0.1) is 0 Å². The van der Waals surface area contributed by atoms with E-state index in [4.69, 9.17) is 41.8 Å². The zero-order valence-corrected chi connectivity index (χ0v) is 23.1. The van der Waals surface area contributed by atoms with Gasteiger partial charge in [0.1, 0.15) is 42.7 Å². The Balaban J connectivity index is -0.000000672. The first kappa shape index (κ1) is 44.0. The predicted molar refractivity (Wildman–Crippen MR) is 139 cm³/mol. The lowest BCUT2D eigenvalue weighted by atomic mass is 10.0. The highest BCUT2D eigenvalue weighted by molar-refractivity contribution is 6.02. The molecule has 0 unspecified atom stereocenters. The van der Waals surface area contributed by atoms with Crippen molar-refractivity contribution in [1.82, 2.24) is 10.2 Å². The van der Waals surface area contributed by atoms with Gasteiger partial charge >= 0.3 is 17.9 Å². The number of hydrogen-bond donors (Lipinski definition) is 15. The molecule has 1 amide bonds. The monoisotopic (exact) mass is 635 g/mol. The molecule has 0 aliphatic carbocycles. The number of esters is 1. The lowest BCUT2D eigenvalue weighted by Crippen LogP contribution is -2.52. The lowest BCUT2D eigenvalue weighted by Gasteiger charge is -2.28. The molecule has 22 heteroatoms. The molecule has 43 heavy (non-hydrogen) atoms. The van der Waals surface area contributed by atoms with Crippen LogP contribution in [0, 0.1) is 5.41 Å². The molecule has 252 valence electrons. The summed E-state index contributed by atoms with van der Waals surface area (Å²) < 4.78 is 4.35. The number of ether oxygens (including phenoxy) is 1. The molecule has 1 heterocycles. The number of amides is 1. The van der Waals surface area contributed by atoms with E-state index in [-0.39, 0.29) is 24.7 Å². The van der Waals surface area contributed by atoms with Crippen LogP contribution in [0.2, 0.25) is 0 Å². The van der Waals surface area contributed by atoms with Crippen molar-refractivity contribution < 1.29 is 84.9 Å². The van der Waals surface area contributed by atoms with Gasteiger partial charge in [0.25, 0.3) is 0 Å². The van der Waals surface area contributed by atoms with E-state index in [0.29, 0.717) is 6.54 Å². The van der Waals surface area contributed by atoms with Crippen LogP contribution in [0.25, 0.3) is 0 Å². The number of aliphatic hydroxyl groups excluding tert-OH is 9. The molecule has 0 aromatic carbocycles. The van der Waals surface area contributed by atoms with Gasteiger partial charge < -0.3 is 77.3 Å². The minimum Gasteiger partial charge on any atom is -0.480 e. The SMILES string of the molecule is CN1CC(=O)NC1=N.C[C@H](N)C(=O)O.NCC(=O)O.O=C[C@H](OC(=O)[C@H](O)[C@@H](O)[C@H](O)[C@H](O)CO)[C@@H](O)[C@H](O)[C@H](O)CO. The third-order valence-electron chi connectivity index (χ3n) is 4.73. The van der Waals surface area contributed by atoms with Crippen LogP contribution in [0.15, 0.2) is 0 Å². The fourth-order valence-electron chi connectivity index (χ4n) is 2.14. The Kier molecular flexibility index (Phi) is 23.6. The van der Waals surface area contributed by atoms with Crippen molar-refractivity contribution in [2.45, 2.75) is 61.8 Å². The minimum atomic E-state index is -2.46. The quantitative estimate of drug-likeness (QED) is 0.0659. The summed E-state index contributed by atoms with van der Waals surface area (Å²) in [6.07, 6.45) is -17.1. The van der Waals surface area contributed by atoms with Crippen molar-refractivity contribution in [1.29, 1.82) is 5.41 Å². The molecule has 1 rings (SSSR count). The molecular formula is C21H41N5O17. The first-order valence-corrected chi connectivity index (χ1v) is 11.9. The molecule has 1 saturated heterocycles. The van der Waals surface area contributed by atoms with Crippen LogP contribution in [-0.4, -0.2) is 185 Å². The fraction of sp³-hybridized carbons (Fsp3) is 0.714. The van der Waals surface area contributed by atoms with Crippen LogP contribution in [0.3, 0.4) is 0 Å². The van der Waals surface area contributed by atoms with E-state index in [2.05, 4.69) is 15.8 Å². The van der Waals surface area contributed by atoms with E-state index in [0.717, 1.165) is 0 Å². The van der Waals surface area contributed by atoms with E-state index >= 15 is 0 Å². The number of aliphatic carboxylic acids is 2. The number of aldehydes is 1. The number of carboxylic acid groups (broad SMARTS) is 2. The maximum absolute atomic E-state index is 11.6. The Morgan fingerprint density at radius 3 is 1.60 bits per heavy atom. The molecule has 0 radical (unpaired) electrons. The highest BCUT2D eigenvalue weighted by Crippen LogP contribution is 2.11. The maximum Gasteiger partial charge on any atom is 0.338 e. The number of carbonyl (C=O) groups is 5. The number of hydrogen-bond acceptors (Lipinski definition) is 18. The number of carbonyl (C=O) groups excluding carboxylic acids is 3. The summed E-state index contributed by atoms with van der Waals surface area (Å²) in [7, 11) is 1.69. The van der Waals surface area contributed by atoms with Crippen LogP contribution in [0.5, 0.6) is 0 Å². The van der Waals surface area contributed by atoms with Crippen LogP contribution in [0.4, 0.5) is 0 Å². The minimum absolute atomic E-state index is 0.0995. The summed E-state index contributed by atoms with van der Waals surface area (Å²) in [5.74, 6) is -3.54. The van der Waals surface area contributed by atoms with Crippen LogP contribution in [0.1, 0.15) is 6.92 Å². The molecule has 0 bridgehead atoms. The van der Waals surface area contributed by atoms with Crippen molar-refractivity contribution in [3.63, 3.8) is 0 Å². The Bertz CT molecular complexity index is 879. The number of nitrogens with one attached hydrogen (secondary N) is 2. The number of guanidine groups is 1. The van der Waals surface area contributed by atoms with Gasteiger partial charge in [-0.3, -0.25) is 29.9 Å². The molecule has 0 spiro atoms. The highest BCUT2D eigenvalue weighted by Gasteiger charge is 2.39. The Morgan fingerprint density at radius 1 is 0.977 bits per heavy atom. The highest BCUT2D eigenvalue weighted by atomic mass is 16.6. The maximum atomic E-state index is 11.6. The third-order valence-corrected chi connectivity index (χ3v) is 4.73. The summed E-state index contributed by atoms with van der Waals surface area (Å²) in [5, 5.41) is 108. The normalized spacial score (nSPS) is 18.5. The number of nitrogens with zero attached hydrogens (tertiary/aromatic N) is 1. The average molecular weight is 636 g/mol. The van der Waals surface area contributed by atoms with E-state index in [1.165, 1.54) is 6.92 Å². The molecule has 22 nitrogen and oxygen atoms in total. The number of likely N-dealkylation sites (N-methyl/N-ethyl adjacent to an activating group) is 1. The summed E-state index contributed by atoms with van der Waals surface area (Å²) in [5.41, 5.74) is 9.41. The number of nitrogens with two attached hydrogens (primary N) is 2. The largest absolute Gasteiger partial charge is 0.480 e. The van der Waals surface area contributed by atoms with Crippen molar-refractivity contribution in [2.75, 3.05) is 33.4 Å². The standard InChI is InChI=1S/C12H22O12.C4H7N3O.C3H7NO2.C2H5NO2/c13-1-4(16)7(18)9(20)6(3-15)24-12(23)11(22)10(21)8(19)5(17)2-14;1-7-2-3(8)6-4(7)5;1-2(4)3(5)6;3-1-2(4)5/h3-11,13-14,16-22H,1-2H2;2H2,1H3,(H2,5,6,8);2H,4H2,1H3,(H,5,6);1,3H2,(H,4,5)/t4-,5-,6+,7-,8-,9-,10+,11-;;2-;/m1.0./s1. The van der Waals surface area contributed by atoms with Gasteiger partial charge in [0, 0.05) is 7.05 Å². The molecular weight excluding hydrogens is 594 g/mol.